The third-order valence-electron chi connectivity index (χ3n) is 2.85. The van der Waals surface area contributed by atoms with Crippen molar-refractivity contribution >= 4 is 33.4 Å². The van der Waals surface area contributed by atoms with Gasteiger partial charge in [-0.25, -0.2) is 9.78 Å². The van der Waals surface area contributed by atoms with Gasteiger partial charge < -0.3 is 10.1 Å². The molecule has 1 heterocycles. The number of carbonyl (C=O) groups excluding carboxylic acids is 1. The lowest BCUT2D eigenvalue weighted by atomic mass is 10.0. The molecule has 20 heavy (non-hydrogen) atoms. The van der Waals surface area contributed by atoms with Gasteiger partial charge >= 0.3 is 5.97 Å². The molecule has 0 aromatic carbocycles. The van der Waals surface area contributed by atoms with Gasteiger partial charge in [0.05, 0.1) is 16.5 Å². The number of halogens is 1. The fourth-order valence-electron chi connectivity index (χ4n) is 1.63. The van der Waals surface area contributed by atoms with Crippen molar-refractivity contribution in [3.63, 3.8) is 0 Å². The van der Waals surface area contributed by atoms with E-state index in [0.29, 0.717) is 15.9 Å². The average Bonchev–Trinajstić information content (AvgIpc) is 2.38. The molecule has 0 saturated heterocycles. The second kappa shape index (κ2) is 6.65. The van der Waals surface area contributed by atoms with Crippen molar-refractivity contribution < 1.29 is 14.5 Å². The maximum absolute atomic E-state index is 11.7. The van der Waals surface area contributed by atoms with Crippen molar-refractivity contribution in [3.05, 3.63) is 26.3 Å². The van der Waals surface area contributed by atoms with Crippen molar-refractivity contribution in [1.82, 2.24) is 4.98 Å². The maximum Gasteiger partial charge on any atom is 0.328 e. The van der Waals surface area contributed by atoms with Gasteiger partial charge in [-0.3, -0.25) is 10.1 Å². The van der Waals surface area contributed by atoms with E-state index in [1.165, 1.54) is 7.11 Å². The molecule has 1 unspecified atom stereocenters. The maximum atomic E-state index is 11.7. The molecule has 7 nitrogen and oxygen atoms in total. The number of nitrogens with zero attached hydrogens (tertiary/aromatic N) is 2. The van der Waals surface area contributed by atoms with Crippen LogP contribution in [0.2, 0.25) is 0 Å². The number of methoxy groups -OCH3 is 1. The number of hydrogen-bond acceptors (Lipinski definition) is 6. The Morgan fingerprint density at radius 3 is 2.60 bits per heavy atom. The van der Waals surface area contributed by atoms with Crippen LogP contribution in [0.4, 0.5) is 11.5 Å². The Morgan fingerprint density at radius 1 is 1.55 bits per heavy atom. The van der Waals surface area contributed by atoms with Gasteiger partial charge in [-0.1, -0.05) is 13.8 Å². The molecule has 0 aliphatic rings. The van der Waals surface area contributed by atoms with Crippen LogP contribution in [0.15, 0.2) is 10.7 Å². The molecule has 1 N–H and O–H groups in total. The first-order valence-electron chi connectivity index (χ1n) is 5.93. The molecular weight excluding hydrogens is 330 g/mol. The summed E-state index contributed by atoms with van der Waals surface area (Å²) in [5, 5.41) is 13.8. The molecule has 1 aromatic heterocycles. The second-order valence-corrected chi connectivity index (χ2v) is 5.37. The SMILES string of the molecule is COC(=O)C(Nc1ncc([N+](=O)[O-])c(C)c1Br)C(C)C. The Hall–Kier alpha value is -1.70. The standard InChI is InChI=1S/C12H16BrN3O4/c1-6(2)10(12(17)20-4)15-11-9(13)7(3)8(5-14-11)16(18)19/h5-6,10H,1-4H3,(H,14,15). The number of ether oxygens (including phenoxy) is 1. The van der Waals surface area contributed by atoms with E-state index in [0.717, 1.165) is 6.20 Å². The van der Waals surface area contributed by atoms with E-state index in [9.17, 15) is 14.9 Å². The number of rotatable bonds is 5. The first kappa shape index (κ1) is 16.4. The van der Waals surface area contributed by atoms with Gasteiger partial charge in [0.15, 0.2) is 0 Å². The summed E-state index contributed by atoms with van der Waals surface area (Å²) >= 11 is 3.27. The summed E-state index contributed by atoms with van der Waals surface area (Å²) in [6, 6.07) is -0.579. The molecule has 1 aromatic rings. The van der Waals surface area contributed by atoms with Crippen LogP contribution in [-0.2, 0) is 9.53 Å². The van der Waals surface area contributed by atoms with Crippen molar-refractivity contribution in [2.45, 2.75) is 26.8 Å². The van der Waals surface area contributed by atoms with Crippen LogP contribution in [0.25, 0.3) is 0 Å². The average molecular weight is 346 g/mol. The van der Waals surface area contributed by atoms with Crippen LogP contribution < -0.4 is 5.32 Å². The number of hydrogen-bond donors (Lipinski definition) is 1. The van der Waals surface area contributed by atoms with Crippen LogP contribution in [0.1, 0.15) is 19.4 Å². The van der Waals surface area contributed by atoms with Crippen molar-refractivity contribution in [2.24, 2.45) is 5.92 Å². The van der Waals surface area contributed by atoms with Crippen molar-refractivity contribution in [3.8, 4) is 0 Å². The predicted octanol–water partition coefficient (Wildman–Crippen LogP) is 2.67. The molecule has 0 saturated carbocycles. The van der Waals surface area contributed by atoms with Crippen LogP contribution in [0, 0.1) is 23.0 Å². The normalized spacial score (nSPS) is 12.1. The van der Waals surface area contributed by atoms with Gasteiger partial charge in [0.1, 0.15) is 18.1 Å². The fourth-order valence-corrected chi connectivity index (χ4v) is 2.05. The summed E-state index contributed by atoms with van der Waals surface area (Å²) in [5.41, 5.74) is 0.362. The lowest BCUT2D eigenvalue weighted by molar-refractivity contribution is -0.385. The molecule has 0 bridgehead atoms. The summed E-state index contributed by atoms with van der Waals surface area (Å²) in [6.45, 7) is 5.33. The summed E-state index contributed by atoms with van der Waals surface area (Å²) in [7, 11) is 1.31. The fraction of sp³-hybridized carbons (Fsp3) is 0.500. The Kier molecular flexibility index (Phi) is 5.43. The van der Waals surface area contributed by atoms with Gasteiger partial charge in [0, 0.05) is 5.56 Å². The minimum atomic E-state index is -0.579. The topological polar surface area (TPSA) is 94.4 Å². The second-order valence-electron chi connectivity index (χ2n) is 4.58. The summed E-state index contributed by atoms with van der Waals surface area (Å²) in [6.07, 6.45) is 1.16. The van der Waals surface area contributed by atoms with E-state index in [4.69, 9.17) is 4.74 Å². The molecule has 0 aliphatic heterocycles. The monoisotopic (exact) mass is 345 g/mol. The van der Waals surface area contributed by atoms with Gasteiger partial charge in [0.25, 0.3) is 5.69 Å². The number of carbonyl (C=O) groups is 1. The first-order valence-corrected chi connectivity index (χ1v) is 6.72. The highest BCUT2D eigenvalue weighted by Crippen LogP contribution is 2.31. The zero-order valence-electron chi connectivity index (χ0n) is 11.6. The van der Waals surface area contributed by atoms with Crippen LogP contribution in [-0.4, -0.2) is 29.0 Å². The van der Waals surface area contributed by atoms with Gasteiger partial charge in [0.2, 0.25) is 0 Å². The highest BCUT2D eigenvalue weighted by atomic mass is 79.9. The van der Waals surface area contributed by atoms with E-state index in [-0.39, 0.29) is 11.6 Å². The largest absolute Gasteiger partial charge is 0.467 e. The number of nitro groups is 1. The lowest BCUT2D eigenvalue weighted by Crippen LogP contribution is -2.36. The molecule has 0 aliphatic carbocycles. The summed E-state index contributed by atoms with van der Waals surface area (Å²) in [5.74, 6) is -0.0615. The van der Waals surface area contributed by atoms with Crippen LogP contribution >= 0.6 is 15.9 Å². The van der Waals surface area contributed by atoms with Gasteiger partial charge in [-0.05, 0) is 28.8 Å². The van der Waals surface area contributed by atoms with E-state index >= 15 is 0 Å². The molecule has 1 atom stereocenters. The minimum absolute atomic E-state index is 0.0216. The van der Waals surface area contributed by atoms with E-state index < -0.39 is 16.9 Å². The molecular formula is C12H16BrN3O4. The number of aromatic nitrogens is 1. The molecule has 110 valence electrons. The smallest absolute Gasteiger partial charge is 0.328 e. The molecule has 0 amide bonds. The molecule has 0 radical (unpaired) electrons. The molecule has 0 spiro atoms. The zero-order valence-corrected chi connectivity index (χ0v) is 13.2. The van der Waals surface area contributed by atoms with Gasteiger partial charge in [-0.15, -0.1) is 0 Å². The molecule has 8 heteroatoms. The summed E-state index contributed by atoms with van der Waals surface area (Å²) in [4.78, 5) is 26.0. The number of anilines is 1. The van der Waals surface area contributed by atoms with Crippen LogP contribution in [0.3, 0.4) is 0 Å². The minimum Gasteiger partial charge on any atom is -0.467 e. The third-order valence-corrected chi connectivity index (χ3v) is 3.82. The lowest BCUT2D eigenvalue weighted by Gasteiger charge is -2.21. The Morgan fingerprint density at radius 2 is 2.15 bits per heavy atom. The van der Waals surface area contributed by atoms with E-state index in [1.807, 2.05) is 13.8 Å². The highest BCUT2D eigenvalue weighted by molar-refractivity contribution is 9.10. The first-order chi connectivity index (χ1) is 9.29. The predicted molar refractivity (Wildman–Crippen MR) is 77.6 cm³/mol. The Labute approximate surface area is 125 Å². The number of esters is 1. The summed E-state index contributed by atoms with van der Waals surface area (Å²) < 4.78 is 5.18. The number of pyridine rings is 1. The molecule has 0 fully saturated rings. The van der Waals surface area contributed by atoms with Crippen molar-refractivity contribution in [2.75, 3.05) is 12.4 Å². The quantitative estimate of drug-likeness (QED) is 0.500. The number of nitrogens with one attached hydrogen (secondary N) is 1. The van der Waals surface area contributed by atoms with E-state index in [1.54, 1.807) is 6.92 Å². The van der Waals surface area contributed by atoms with E-state index in [2.05, 4.69) is 26.2 Å². The third kappa shape index (κ3) is 3.44. The zero-order chi connectivity index (χ0) is 15.4. The molecule has 1 rings (SSSR count). The van der Waals surface area contributed by atoms with Crippen molar-refractivity contribution in [1.29, 1.82) is 0 Å². The van der Waals surface area contributed by atoms with Gasteiger partial charge in [-0.2, -0.15) is 0 Å². The highest BCUT2D eigenvalue weighted by Gasteiger charge is 2.25. The Bertz CT molecular complexity index is 534. The van der Waals surface area contributed by atoms with Crippen LogP contribution in [0.5, 0.6) is 0 Å². The Balaban J connectivity index is 3.12.